The van der Waals surface area contributed by atoms with Crippen molar-refractivity contribution in [2.24, 2.45) is 16.8 Å². The van der Waals surface area contributed by atoms with Gasteiger partial charge in [0.25, 0.3) is 0 Å². The molecule has 0 spiro atoms. The van der Waals surface area contributed by atoms with Gasteiger partial charge in [0, 0.05) is 38.6 Å². The van der Waals surface area contributed by atoms with Crippen molar-refractivity contribution in [2.75, 3.05) is 26.7 Å². The number of likely N-dealkylation sites (tertiary alicyclic amines) is 1. The van der Waals surface area contributed by atoms with Gasteiger partial charge >= 0.3 is 0 Å². The van der Waals surface area contributed by atoms with Crippen LogP contribution in [0.3, 0.4) is 0 Å². The van der Waals surface area contributed by atoms with E-state index in [0.717, 1.165) is 37.9 Å². The van der Waals surface area contributed by atoms with Gasteiger partial charge in [-0.15, -0.1) is 0 Å². The molecule has 1 aliphatic heterocycles. The number of nitrogens with zero attached hydrogens (tertiary/aromatic N) is 2. The Labute approximate surface area is 147 Å². The van der Waals surface area contributed by atoms with E-state index in [1.165, 1.54) is 44.9 Å². The van der Waals surface area contributed by atoms with E-state index in [-0.39, 0.29) is 11.8 Å². The molecule has 1 saturated heterocycles. The highest BCUT2D eigenvalue weighted by atomic mass is 16.2. The fourth-order valence-electron chi connectivity index (χ4n) is 3.90. The second kappa shape index (κ2) is 9.90. The standard InChI is InChI=1S/C19H36N4O/c1-15(2)18(24)23-13-11-17(14-23)22-19(20-3)21-12-7-6-10-16-8-4-5-9-16/h15-17H,4-14H2,1-3H3,(H2,20,21,22). The quantitative estimate of drug-likeness (QED) is 0.427. The average molecular weight is 337 g/mol. The molecule has 5 nitrogen and oxygen atoms in total. The van der Waals surface area contributed by atoms with E-state index in [4.69, 9.17) is 0 Å². The first kappa shape index (κ1) is 19.1. The van der Waals surface area contributed by atoms with E-state index in [2.05, 4.69) is 15.6 Å². The van der Waals surface area contributed by atoms with E-state index < -0.39 is 0 Å². The predicted molar refractivity (Wildman–Crippen MR) is 100 cm³/mol. The molecule has 1 aliphatic carbocycles. The molecule has 1 atom stereocenters. The van der Waals surface area contributed by atoms with Crippen molar-refractivity contribution in [2.45, 2.75) is 71.3 Å². The summed E-state index contributed by atoms with van der Waals surface area (Å²) in [6.07, 6.45) is 10.7. The lowest BCUT2D eigenvalue weighted by Gasteiger charge is -2.20. The Bertz CT molecular complexity index is 416. The molecular weight excluding hydrogens is 300 g/mol. The molecular formula is C19H36N4O. The first-order valence-corrected chi connectivity index (χ1v) is 9.86. The van der Waals surface area contributed by atoms with Crippen molar-refractivity contribution in [3.8, 4) is 0 Å². The summed E-state index contributed by atoms with van der Waals surface area (Å²) in [5.74, 6) is 2.21. The maximum absolute atomic E-state index is 12.1. The number of unbranched alkanes of at least 4 members (excludes halogenated alkanes) is 1. The lowest BCUT2D eigenvalue weighted by molar-refractivity contribution is -0.133. The minimum Gasteiger partial charge on any atom is -0.356 e. The zero-order chi connectivity index (χ0) is 17.4. The number of carbonyl (C=O) groups is 1. The first-order valence-electron chi connectivity index (χ1n) is 9.86. The number of rotatable bonds is 7. The lowest BCUT2D eigenvalue weighted by atomic mass is 10.0. The summed E-state index contributed by atoms with van der Waals surface area (Å²) in [4.78, 5) is 18.3. The molecule has 1 saturated carbocycles. The summed E-state index contributed by atoms with van der Waals surface area (Å²) in [5.41, 5.74) is 0. The molecule has 2 N–H and O–H groups in total. The van der Waals surface area contributed by atoms with Crippen LogP contribution in [0.4, 0.5) is 0 Å². The summed E-state index contributed by atoms with van der Waals surface area (Å²) < 4.78 is 0. The molecule has 1 heterocycles. The monoisotopic (exact) mass is 336 g/mol. The molecule has 138 valence electrons. The largest absolute Gasteiger partial charge is 0.356 e. The highest BCUT2D eigenvalue weighted by Gasteiger charge is 2.27. The summed E-state index contributed by atoms with van der Waals surface area (Å²) in [5, 5.41) is 6.89. The summed E-state index contributed by atoms with van der Waals surface area (Å²) in [7, 11) is 1.82. The van der Waals surface area contributed by atoms with Crippen LogP contribution in [0.2, 0.25) is 0 Å². The number of hydrogen-bond acceptors (Lipinski definition) is 2. The van der Waals surface area contributed by atoms with Gasteiger partial charge in [-0.2, -0.15) is 0 Å². The van der Waals surface area contributed by atoms with E-state index in [1.54, 1.807) is 0 Å². The van der Waals surface area contributed by atoms with E-state index >= 15 is 0 Å². The number of amides is 1. The highest BCUT2D eigenvalue weighted by Crippen LogP contribution is 2.28. The van der Waals surface area contributed by atoms with Crippen LogP contribution < -0.4 is 10.6 Å². The number of guanidine groups is 1. The minimum atomic E-state index is 0.0843. The van der Waals surface area contributed by atoms with Crippen molar-refractivity contribution in [3.63, 3.8) is 0 Å². The van der Waals surface area contributed by atoms with Crippen LogP contribution in [-0.4, -0.2) is 49.5 Å². The third-order valence-corrected chi connectivity index (χ3v) is 5.36. The molecule has 0 bridgehead atoms. The van der Waals surface area contributed by atoms with E-state index in [1.807, 2.05) is 25.8 Å². The minimum absolute atomic E-state index is 0.0843. The Morgan fingerprint density at radius 1 is 1.21 bits per heavy atom. The van der Waals surface area contributed by atoms with Gasteiger partial charge < -0.3 is 15.5 Å². The van der Waals surface area contributed by atoms with Crippen LogP contribution >= 0.6 is 0 Å². The normalized spacial score (nSPS) is 22.4. The van der Waals surface area contributed by atoms with Gasteiger partial charge in [-0.1, -0.05) is 52.4 Å². The Hall–Kier alpha value is -1.26. The van der Waals surface area contributed by atoms with Crippen molar-refractivity contribution in [1.82, 2.24) is 15.5 Å². The molecule has 2 rings (SSSR count). The number of carbonyl (C=O) groups excluding carboxylic acids is 1. The zero-order valence-electron chi connectivity index (χ0n) is 15.8. The van der Waals surface area contributed by atoms with Crippen LogP contribution in [0.1, 0.15) is 65.2 Å². The van der Waals surface area contributed by atoms with Crippen LogP contribution in [0.25, 0.3) is 0 Å². The van der Waals surface area contributed by atoms with E-state index in [9.17, 15) is 4.79 Å². The molecule has 0 aromatic carbocycles. The third-order valence-electron chi connectivity index (χ3n) is 5.36. The molecule has 1 amide bonds. The number of aliphatic imine (C=N–C) groups is 1. The van der Waals surface area contributed by atoms with Gasteiger partial charge in [0.1, 0.15) is 0 Å². The molecule has 5 heteroatoms. The molecule has 1 unspecified atom stereocenters. The topological polar surface area (TPSA) is 56.7 Å². The Balaban J connectivity index is 1.59. The van der Waals surface area contributed by atoms with Crippen LogP contribution in [-0.2, 0) is 4.79 Å². The predicted octanol–water partition coefficient (Wildman–Crippen LogP) is 2.77. The maximum atomic E-state index is 12.1. The van der Waals surface area contributed by atoms with Crippen molar-refractivity contribution < 1.29 is 4.79 Å². The smallest absolute Gasteiger partial charge is 0.225 e. The van der Waals surface area contributed by atoms with Gasteiger partial charge in [0.15, 0.2) is 5.96 Å². The third kappa shape index (κ3) is 5.99. The second-order valence-electron chi connectivity index (χ2n) is 7.71. The molecule has 0 radical (unpaired) electrons. The van der Waals surface area contributed by atoms with Crippen LogP contribution in [0.15, 0.2) is 4.99 Å². The molecule has 2 fully saturated rings. The van der Waals surface area contributed by atoms with Gasteiger partial charge in [0.05, 0.1) is 0 Å². The molecule has 24 heavy (non-hydrogen) atoms. The van der Waals surface area contributed by atoms with Gasteiger partial charge in [-0.05, 0) is 18.8 Å². The summed E-state index contributed by atoms with van der Waals surface area (Å²) in [6.45, 7) is 6.56. The fraction of sp³-hybridized carbons (Fsp3) is 0.895. The SMILES string of the molecule is CN=C(NCCCCC1CCCC1)NC1CCN(C(=O)C(C)C)C1. The van der Waals surface area contributed by atoms with Crippen LogP contribution in [0.5, 0.6) is 0 Å². The van der Waals surface area contributed by atoms with Crippen molar-refractivity contribution >= 4 is 11.9 Å². The van der Waals surface area contributed by atoms with Crippen molar-refractivity contribution in [1.29, 1.82) is 0 Å². The average Bonchev–Trinajstić information content (AvgIpc) is 3.24. The van der Waals surface area contributed by atoms with Gasteiger partial charge in [-0.25, -0.2) is 0 Å². The summed E-state index contributed by atoms with van der Waals surface area (Å²) >= 11 is 0. The highest BCUT2D eigenvalue weighted by molar-refractivity contribution is 5.81. The Morgan fingerprint density at radius 2 is 1.96 bits per heavy atom. The van der Waals surface area contributed by atoms with Gasteiger partial charge in [0.2, 0.25) is 5.91 Å². The van der Waals surface area contributed by atoms with Crippen molar-refractivity contribution in [3.05, 3.63) is 0 Å². The first-order chi connectivity index (χ1) is 11.6. The van der Waals surface area contributed by atoms with E-state index in [0.29, 0.717) is 6.04 Å². The molecule has 2 aliphatic rings. The fourth-order valence-corrected chi connectivity index (χ4v) is 3.90. The van der Waals surface area contributed by atoms with Gasteiger partial charge in [-0.3, -0.25) is 9.79 Å². The van der Waals surface area contributed by atoms with Crippen LogP contribution in [0, 0.1) is 11.8 Å². The lowest BCUT2D eigenvalue weighted by Crippen LogP contribution is -2.45. The Morgan fingerprint density at radius 3 is 2.62 bits per heavy atom. The molecule has 0 aromatic rings. The zero-order valence-corrected chi connectivity index (χ0v) is 15.8. The summed E-state index contributed by atoms with van der Waals surface area (Å²) in [6, 6.07) is 0.317. The Kier molecular flexibility index (Phi) is 7.86. The molecule has 0 aromatic heterocycles. The maximum Gasteiger partial charge on any atom is 0.225 e. The number of nitrogens with one attached hydrogen (secondary N) is 2. The number of hydrogen-bond donors (Lipinski definition) is 2. The second-order valence-corrected chi connectivity index (χ2v) is 7.71.